The molecule has 4 atom stereocenters. The summed E-state index contributed by atoms with van der Waals surface area (Å²) in [5.41, 5.74) is 5.85. The zero-order valence-corrected chi connectivity index (χ0v) is 15.0. The molecule has 146 valence electrons. The Morgan fingerprint density at radius 1 is 1.20 bits per heavy atom. The predicted octanol–water partition coefficient (Wildman–Crippen LogP) is 1.02. The van der Waals surface area contributed by atoms with Crippen LogP contribution in [0, 0.1) is 11.8 Å². The first kappa shape index (κ1) is 21.7. The number of nitrogens with one attached hydrogen (secondary N) is 1. The van der Waals surface area contributed by atoms with E-state index in [0.29, 0.717) is 19.4 Å². The molecule has 6 nitrogen and oxygen atoms in total. The lowest BCUT2D eigenvalue weighted by atomic mass is 9.97. The second kappa shape index (κ2) is 8.35. The van der Waals surface area contributed by atoms with Crippen LogP contribution in [0.25, 0.3) is 0 Å². The third-order valence-corrected chi connectivity index (χ3v) is 4.54. The lowest BCUT2D eigenvalue weighted by Crippen LogP contribution is -2.58. The van der Waals surface area contributed by atoms with Crippen LogP contribution in [0.3, 0.4) is 0 Å². The van der Waals surface area contributed by atoms with Gasteiger partial charge < -0.3 is 21.1 Å². The molecule has 9 heteroatoms. The maximum absolute atomic E-state index is 12.8. The maximum Gasteiger partial charge on any atom is 0.416 e. The minimum Gasteiger partial charge on any atom is -0.382 e. The molecule has 0 spiro atoms. The minimum atomic E-state index is -4.84. The van der Waals surface area contributed by atoms with Gasteiger partial charge in [0.1, 0.15) is 6.04 Å². The van der Waals surface area contributed by atoms with E-state index in [-0.39, 0.29) is 11.8 Å². The summed E-state index contributed by atoms with van der Waals surface area (Å²) in [6, 6.07) is -3.11. The Morgan fingerprint density at radius 3 is 2.20 bits per heavy atom. The molecule has 1 rings (SSSR count). The Bertz CT molecular complexity index is 483. The zero-order chi connectivity index (χ0) is 19.5. The quantitative estimate of drug-likeness (QED) is 0.653. The molecule has 2 amide bonds. The molecule has 1 saturated heterocycles. The normalized spacial score (nSPS) is 22.2. The number of nitrogens with zero attached hydrogens (tertiary/aromatic N) is 1. The number of aliphatic hydroxyl groups excluding tert-OH is 1. The van der Waals surface area contributed by atoms with Crippen molar-refractivity contribution in [2.24, 2.45) is 17.6 Å². The standard InChI is InChI=1S/C16H28F3N3O3/c1-8(2)11(20)15(25)22-7-5-6-10(22)14(24)21-12(9(3)4)13(23)16(17,18)19/h8-13,23H,5-7,20H2,1-4H3,(H,21,24)/t10-,11+,12?,13?/m1/s1. The Balaban J connectivity index is 2.88. The van der Waals surface area contributed by atoms with Crippen LogP contribution in [0.2, 0.25) is 0 Å². The van der Waals surface area contributed by atoms with Gasteiger partial charge in [-0.2, -0.15) is 13.2 Å². The molecule has 0 bridgehead atoms. The van der Waals surface area contributed by atoms with E-state index in [4.69, 9.17) is 5.73 Å². The van der Waals surface area contributed by atoms with Crippen molar-refractivity contribution >= 4 is 11.8 Å². The maximum atomic E-state index is 12.8. The molecule has 0 aromatic carbocycles. The van der Waals surface area contributed by atoms with E-state index in [1.807, 2.05) is 0 Å². The first-order valence-electron chi connectivity index (χ1n) is 8.49. The number of rotatable bonds is 6. The van der Waals surface area contributed by atoms with Crippen molar-refractivity contribution in [2.45, 2.75) is 70.9 Å². The second-order valence-electron chi connectivity index (χ2n) is 7.22. The van der Waals surface area contributed by atoms with Gasteiger partial charge in [0, 0.05) is 6.54 Å². The third-order valence-electron chi connectivity index (χ3n) is 4.54. The summed E-state index contributed by atoms with van der Waals surface area (Å²) in [4.78, 5) is 26.2. The third kappa shape index (κ3) is 5.31. The summed E-state index contributed by atoms with van der Waals surface area (Å²) < 4.78 is 38.4. The van der Waals surface area contributed by atoms with E-state index in [1.165, 1.54) is 18.7 Å². The Labute approximate surface area is 145 Å². The van der Waals surface area contributed by atoms with E-state index in [9.17, 15) is 27.9 Å². The van der Waals surface area contributed by atoms with E-state index in [1.54, 1.807) is 13.8 Å². The Hall–Kier alpha value is -1.35. The van der Waals surface area contributed by atoms with Crippen LogP contribution in [0.4, 0.5) is 13.2 Å². The van der Waals surface area contributed by atoms with E-state index >= 15 is 0 Å². The van der Waals surface area contributed by atoms with Crippen molar-refractivity contribution in [3.8, 4) is 0 Å². The fraction of sp³-hybridized carbons (Fsp3) is 0.875. The van der Waals surface area contributed by atoms with E-state index in [2.05, 4.69) is 5.32 Å². The molecular weight excluding hydrogens is 339 g/mol. The number of hydrogen-bond donors (Lipinski definition) is 3. The van der Waals surface area contributed by atoms with Gasteiger partial charge in [-0.3, -0.25) is 9.59 Å². The van der Waals surface area contributed by atoms with Gasteiger partial charge in [0.25, 0.3) is 0 Å². The van der Waals surface area contributed by atoms with Crippen LogP contribution >= 0.6 is 0 Å². The SMILES string of the molecule is CC(C)C(NC(=O)[C@H]1CCCN1C(=O)[C@@H](N)C(C)C)C(O)C(F)(F)F. The van der Waals surface area contributed by atoms with E-state index < -0.39 is 42.2 Å². The van der Waals surface area contributed by atoms with Crippen LogP contribution < -0.4 is 11.1 Å². The number of nitrogens with two attached hydrogens (primary N) is 1. The summed E-state index contributed by atoms with van der Waals surface area (Å²) in [5.74, 6) is -1.83. The first-order valence-corrected chi connectivity index (χ1v) is 8.49. The van der Waals surface area contributed by atoms with Gasteiger partial charge in [-0.15, -0.1) is 0 Å². The van der Waals surface area contributed by atoms with Crippen LogP contribution in [-0.2, 0) is 9.59 Å². The highest BCUT2D eigenvalue weighted by atomic mass is 19.4. The monoisotopic (exact) mass is 367 g/mol. The van der Waals surface area contributed by atoms with Crippen molar-refractivity contribution in [1.29, 1.82) is 0 Å². The zero-order valence-electron chi connectivity index (χ0n) is 15.0. The number of hydrogen-bond acceptors (Lipinski definition) is 4. The molecule has 1 fully saturated rings. The fourth-order valence-electron chi connectivity index (χ4n) is 2.85. The lowest BCUT2D eigenvalue weighted by molar-refractivity contribution is -0.215. The average molecular weight is 367 g/mol. The second-order valence-corrected chi connectivity index (χ2v) is 7.22. The topological polar surface area (TPSA) is 95.7 Å². The molecule has 0 radical (unpaired) electrons. The number of carbonyl (C=O) groups is 2. The average Bonchev–Trinajstić information content (AvgIpc) is 2.98. The molecule has 1 heterocycles. The largest absolute Gasteiger partial charge is 0.416 e. The van der Waals surface area contributed by atoms with Crippen LogP contribution in [0.15, 0.2) is 0 Å². The summed E-state index contributed by atoms with van der Waals surface area (Å²) >= 11 is 0. The van der Waals surface area contributed by atoms with Gasteiger partial charge in [0.05, 0.1) is 12.1 Å². The molecule has 0 aliphatic carbocycles. The summed E-state index contributed by atoms with van der Waals surface area (Å²) in [6.07, 6.45) is -6.58. The van der Waals surface area contributed by atoms with Gasteiger partial charge in [-0.25, -0.2) is 0 Å². The van der Waals surface area contributed by atoms with Crippen molar-refractivity contribution in [1.82, 2.24) is 10.2 Å². The molecule has 0 saturated carbocycles. The van der Waals surface area contributed by atoms with Crippen LogP contribution in [0.1, 0.15) is 40.5 Å². The Kier molecular flexibility index (Phi) is 7.25. The van der Waals surface area contributed by atoms with Gasteiger partial charge >= 0.3 is 6.18 Å². The van der Waals surface area contributed by atoms with Crippen molar-refractivity contribution in [2.75, 3.05) is 6.54 Å². The summed E-state index contributed by atoms with van der Waals surface area (Å²) in [6.45, 7) is 6.86. The molecule has 25 heavy (non-hydrogen) atoms. The van der Waals surface area contributed by atoms with Gasteiger partial charge in [-0.1, -0.05) is 27.7 Å². The first-order chi connectivity index (χ1) is 11.4. The Morgan fingerprint density at radius 2 is 1.76 bits per heavy atom. The predicted molar refractivity (Wildman–Crippen MR) is 86.4 cm³/mol. The molecular formula is C16H28F3N3O3. The number of aliphatic hydroxyl groups is 1. The molecule has 4 N–H and O–H groups in total. The molecule has 0 aromatic heterocycles. The van der Waals surface area contributed by atoms with Crippen LogP contribution in [-0.4, -0.2) is 58.8 Å². The molecule has 1 aliphatic rings. The fourth-order valence-corrected chi connectivity index (χ4v) is 2.85. The minimum absolute atomic E-state index is 0.118. The van der Waals surface area contributed by atoms with Crippen molar-refractivity contribution in [3.05, 3.63) is 0 Å². The van der Waals surface area contributed by atoms with Crippen LogP contribution in [0.5, 0.6) is 0 Å². The van der Waals surface area contributed by atoms with Gasteiger partial charge in [0.2, 0.25) is 11.8 Å². The van der Waals surface area contributed by atoms with Crippen molar-refractivity contribution in [3.63, 3.8) is 0 Å². The lowest BCUT2D eigenvalue weighted by Gasteiger charge is -2.32. The number of alkyl halides is 3. The summed E-state index contributed by atoms with van der Waals surface area (Å²) in [5, 5.41) is 11.8. The van der Waals surface area contributed by atoms with Crippen molar-refractivity contribution < 1.29 is 27.9 Å². The number of likely N-dealkylation sites (tertiary alicyclic amines) is 1. The number of halogens is 3. The smallest absolute Gasteiger partial charge is 0.382 e. The molecule has 2 unspecified atom stereocenters. The highest BCUT2D eigenvalue weighted by Crippen LogP contribution is 2.26. The summed E-state index contributed by atoms with van der Waals surface area (Å²) in [7, 11) is 0. The van der Waals surface area contributed by atoms with E-state index in [0.717, 1.165) is 0 Å². The molecule has 0 aromatic rings. The highest BCUT2D eigenvalue weighted by molar-refractivity contribution is 5.90. The van der Waals surface area contributed by atoms with Gasteiger partial charge in [-0.05, 0) is 24.7 Å². The molecule has 1 aliphatic heterocycles. The highest BCUT2D eigenvalue weighted by Gasteiger charge is 2.46. The number of amides is 2. The van der Waals surface area contributed by atoms with Gasteiger partial charge in [0.15, 0.2) is 6.10 Å². The number of carbonyl (C=O) groups excluding carboxylic acids is 2.